The number of nitrogens with zero attached hydrogens (tertiary/aromatic N) is 1. The fraction of sp³-hybridized carbons (Fsp3) is 0.895. The Bertz CT molecular complexity index is 282. The Morgan fingerprint density at radius 2 is 1.70 bits per heavy atom. The Morgan fingerprint density at radius 3 is 2.15 bits per heavy atom. The number of hydrogen-bond acceptors (Lipinski definition) is 1. The number of likely N-dealkylation sites (N-methyl/N-ethyl adjacent to an activating group) is 1. The fourth-order valence-electron chi connectivity index (χ4n) is 3.24. The minimum absolute atomic E-state index is 0.690. The summed E-state index contributed by atoms with van der Waals surface area (Å²) in [7, 11) is 0. The maximum Gasteiger partial charge on any atom is 0.0165 e. The van der Waals surface area contributed by atoms with Gasteiger partial charge in [-0.25, -0.2) is 0 Å². The van der Waals surface area contributed by atoms with Crippen LogP contribution in [0, 0.1) is 23.7 Å². The first-order valence-corrected chi connectivity index (χ1v) is 8.83. The lowest BCUT2D eigenvalue weighted by atomic mass is 9.77. The Labute approximate surface area is 127 Å². The van der Waals surface area contributed by atoms with Crippen molar-refractivity contribution >= 4 is 0 Å². The molecule has 1 rings (SSSR count). The summed E-state index contributed by atoms with van der Waals surface area (Å²) in [5, 5.41) is 0. The molecule has 1 nitrogen and oxygen atoms in total. The van der Waals surface area contributed by atoms with E-state index in [9.17, 15) is 0 Å². The van der Waals surface area contributed by atoms with Crippen LogP contribution >= 0.6 is 0 Å². The van der Waals surface area contributed by atoms with Crippen LogP contribution in [0.15, 0.2) is 11.6 Å². The van der Waals surface area contributed by atoms with Gasteiger partial charge in [0.05, 0.1) is 0 Å². The maximum atomic E-state index is 2.63. The molecular weight excluding hydrogens is 242 g/mol. The summed E-state index contributed by atoms with van der Waals surface area (Å²) >= 11 is 0. The normalized spacial score (nSPS) is 24.9. The van der Waals surface area contributed by atoms with Crippen LogP contribution in [0.25, 0.3) is 0 Å². The van der Waals surface area contributed by atoms with Gasteiger partial charge in [-0.05, 0) is 62.8 Å². The molecule has 20 heavy (non-hydrogen) atoms. The molecule has 1 aliphatic carbocycles. The third-order valence-corrected chi connectivity index (χ3v) is 5.38. The van der Waals surface area contributed by atoms with E-state index >= 15 is 0 Å². The molecule has 0 bridgehead atoms. The highest BCUT2D eigenvalue weighted by Crippen LogP contribution is 2.33. The second kappa shape index (κ2) is 8.87. The first-order valence-electron chi connectivity index (χ1n) is 8.83. The van der Waals surface area contributed by atoms with Crippen LogP contribution < -0.4 is 0 Å². The molecule has 0 saturated heterocycles. The molecule has 0 aromatic rings. The van der Waals surface area contributed by atoms with Gasteiger partial charge < -0.3 is 0 Å². The zero-order chi connectivity index (χ0) is 15.1. The van der Waals surface area contributed by atoms with Gasteiger partial charge in [-0.3, -0.25) is 4.90 Å². The van der Waals surface area contributed by atoms with E-state index in [2.05, 4.69) is 52.5 Å². The molecule has 0 radical (unpaired) electrons. The summed E-state index contributed by atoms with van der Waals surface area (Å²) in [5.41, 5.74) is 1.53. The summed E-state index contributed by atoms with van der Waals surface area (Å²) in [5.74, 6) is 3.51. The third-order valence-electron chi connectivity index (χ3n) is 5.38. The largest absolute Gasteiger partial charge is 0.300 e. The second-order valence-electron chi connectivity index (χ2n) is 7.48. The van der Waals surface area contributed by atoms with Crippen molar-refractivity contribution in [3.8, 4) is 0 Å². The van der Waals surface area contributed by atoms with Crippen LogP contribution in [-0.2, 0) is 0 Å². The summed E-state index contributed by atoms with van der Waals surface area (Å²) in [6, 6.07) is 0. The highest BCUT2D eigenvalue weighted by Gasteiger charge is 2.24. The third kappa shape index (κ3) is 5.99. The summed E-state index contributed by atoms with van der Waals surface area (Å²) in [6.45, 7) is 17.6. The molecule has 0 atom stereocenters. The molecule has 0 aliphatic heterocycles. The van der Waals surface area contributed by atoms with Crippen LogP contribution in [-0.4, -0.2) is 24.5 Å². The quantitative estimate of drug-likeness (QED) is 0.566. The lowest BCUT2D eigenvalue weighted by Crippen LogP contribution is -2.32. The number of allylic oxidation sites excluding steroid dienone is 1. The van der Waals surface area contributed by atoms with E-state index in [4.69, 9.17) is 0 Å². The minimum Gasteiger partial charge on any atom is -0.300 e. The Kier molecular flexibility index (Phi) is 7.87. The lowest BCUT2D eigenvalue weighted by Gasteiger charge is -2.33. The zero-order valence-corrected chi connectivity index (χ0v) is 14.8. The van der Waals surface area contributed by atoms with Crippen molar-refractivity contribution in [1.29, 1.82) is 0 Å². The number of rotatable bonds is 7. The Balaban J connectivity index is 2.36. The highest BCUT2D eigenvalue weighted by atomic mass is 15.1. The van der Waals surface area contributed by atoms with Crippen molar-refractivity contribution in [3.05, 3.63) is 11.6 Å². The Morgan fingerprint density at radius 1 is 1.10 bits per heavy atom. The van der Waals surface area contributed by atoms with Gasteiger partial charge in [-0.15, -0.1) is 0 Å². The smallest absolute Gasteiger partial charge is 0.0165 e. The van der Waals surface area contributed by atoms with Gasteiger partial charge >= 0.3 is 0 Å². The van der Waals surface area contributed by atoms with Gasteiger partial charge in [0.25, 0.3) is 0 Å². The standard InChI is InChI=1S/C19H37N/c1-7-20(13-12-17(6)15(2)3)14-18-8-10-19(11-9-18)16(4)5/h12,15-16,18-19H,7-11,13-14H2,1-6H3/b17-12+. The first kappa shape index (κ1) is 17.8. The van der Waals surface area contributed by atoms with Gasteiger partial charge in [-0.2, -0.15) is 0 Å². The predicted molar refractivity (Wildman–Crippen MR) is 91.0 cm³/mol. The lowest BCUT2D eigenvalue weighted by molar-refractivity contribution is 0.175. The fourth-order valence-corrected chi connectivity index (χ4v) is 3.24. The SMILES string of the molecule is CCN(C/C=C(\C)C(C)C)CC1CCC(C(C)C)CC1. The van der Waals surface area contributed by atoms with Gasteiger partial charge in [0, 0.05) is 13.1 Å². The molecular formula is C19H37N. The first-order chi connectivity index (χ1) is 9.43. The van der Waals surface area contributed by atoms with Gasteiger partial charge in [-0.1, -0.05) is 46.3 Å². The molecule has 1 heteroatoms. The van der Waals surface area contributed by atoms with E-state index in [0.717, 1.165) is 24.3 Å². The van der Waals surface area contributed by atoms with Crippen LogP contribution in [0.2, 0.25) is 0 Å². The van der Waals surface area contributed by atoms with Crippen molar-refractivity contribution < 1.29 is 0 Å². The molecule has 0 heterocycles. The van der Waals surface area contributed by atoms with E-state index in [1.807, 2.05) is 0 Å². The molecule has 0 amide bonds. The van der Waals surface area contributed by atoms with E-state index in [1.165, 1.54) is 44.3 Å². The van der Waals surface area contributed by atoms with Crippen LogP contribution in [0.4, 0.5) is 0 Å². The summed E-state index contributed by atoms with van der Waals surface area (Å²) in [4.78, 5) is 2.63. The highest BCUT2D eigenvalue weighted by molar-refractivity contribution is 5.02. The van der Waals surface area contributed by atoms with Crippen LogP contribution in [0.1, 0.15) is 67.2 Å². The van der Waals surface area contributed by atoms with Gasteiger partial charge in [0.15, 0.2) is 0 Å². The summed E-state index contributed by atoms with van der Waals surface area (Å²) in [6.07, 6.45) is 8.26. The minimum atomic E-state index is 0.690. The molecule has 0 unspecified atom stereocenters. The molecule has 0 aromatic heterocycles. The second-order valence-corrected chi connectivity index (χ2v) is 7.48. The van der Waals surface area contributed by atoms with E-state index in [1.54, 1.807) is 0 Å². The molecule has 1 saturated carbocycles. The topological polar surface area (TPSA) is 3.24 Å². The van der Waals surface area contributed by atoms with E-state index in [-0.39, 0.29) is 0 Å². The van der Waals surface area contributed by atoms with Crippen molar-refractivity contribution in [2.45, 2.75) is 67.2 Å². The molecule has 1 fully saturated rings. The number of hydrogen-bond donors (Lipinski definition) is 0. The maximum absolute atomic E-state index is 2.63. The molecule has 118 valence electrons. The van der Waals surface area contributed by atoms with Crippen molar-refractivity contribution in [2.24, 2.45) is 23.7 Å². The van der Waals surface area contributed by atoms with Crippen LogP contribution in [0.5, 0.6) is 0 Å². The molecule has 0 N–H and O–H groups in total. The van der Waals surface area contributed by atoms with Crippen LogP contribution in [0.3, 0.4) is 0 Å². The van der Waals surface area contributed by atoms with E-state index < -0.39 is 0 Å². The molecule has 1 aliphatic rings. The van der Waals surface area contributed by atoms with E-state index in [0.29, 0.717) is 5.92 Å². The average Bonchev–Trinajstić information content (AvgIpc) is 2.43. The van der Waals surface area contributed by atoms with Crippen molar-refractivity contribution in [2.75, 3.05) is 19.6 Å². The Hall–Kier alpha value is -0.300. The van der Waals surface area contributed by atoms with Crippen molar-refractivity contribution in [1.82, 2.24) is 4.90 Å². The molecule has 0 aromatic carbocycles. The van der Waals surface area contributed by atoms with Crippen molar-refractivity contribution in [3.63, 3.8) is 0 Å². The van der Waals surface area contributed by atoms with Gasteiger partial charge in [0.2, 0.25) is 0 Å². The zero-order valence-electron chi connectivity index (χ0n) is 14.8. The van der Waals surface area contributed by atoms with Gasteiger partial charge in [0.1, 0.15) is 0 Å². The average molecular weight is 280 g/mol. The predicted octanol–water partition coefficient (Wildman–Crippen LogP) is 5.37. The molecule has 0 spiro atoms. The monoisotopic (exact) mass is 279 g/mol. The summed E-state index contributed by atoms with van der Waals surface area (Å²) < 4.78 is 0.